The molecule has 0 atom stereocenters. The Labute approximate surface area is 223 Å². The fourth-order valence-electron chi connectivity index (χ4n) is 3.16. The molecular formula is C24H14Cl3IN2O4. The first-order valence-electron chi connectivity index (χ1n) is 9.76. The van der Waals surface area contributed by atoms with Gasteiger partial charge in [-0.25, -0.2) is 9.69 Å². The van der Waals surface area contributed by atoms with Gasteiger partial charge >= 0.3 is 6.03 Å². The fraction of sp³-hybridized carbons (Fsp3) is 0.0417. The Hall–Kier alpha value is -2.59. The molecule has 0 bridgehead atoms. The van der Waals surface area contributed by atoms with Gasteiger partial charge in [0.1, 0.15) is 17.9 Å². The van der Waals surface area contributed by atoms with Gasteiger partial charge in [0.2, 0.25) is 0 Å². The molecule has 1 aliphatic rings. The Bertz CT molecular complexity index is 1340. The van der Waals surface area contributed by atoms with Crippen LogP contribution in [-0.4, -0.2) is 17.8 Å². The van der Waals surface area contributed by atoms with Crippen molar-refractivity contribution in [3.05, 3.63) is 96.0 Å². The lowest BCUT2D eigenvalue weighted by molar-refractivity contribution is -0.122. The Morgan fingerprint density at radius 1 is 0.912 bits per heavy atom. The molecular weight excluding hydrogens is 614 g/mol. The van der Waals surface area contributed by atoms with Crippen molar-refractivity contribution in [1.82, 2.24) is 5.32 Å². The summed E-state index contributed by atoms with van der Waals surface area (Å²) in [6, 6.07) is 15.8. The summed E-state index contributed by atoms with van der Waals surface area (Å²) in [6.45, 7) is 0.284. The zero-order chi connectivity index (χ0) is 24.4. The highest BCUT2D eigenvalue weighted by Crippen LogP contribution is 2.28. The molecule has 3 aromatic carbocycles. The summed E-state index contributed by atoms with van der Waals surface area (Å²) in [7, 11) is 0. The van der Waals surface area contributed by atoms with E-state index in [1.807, 2.05) is 6.07 Å². The summed E-state index contributed by atoms with van der Waals surface area (Å²) >= 11 is 20.0. The standard InChI is InChI=1S/C24H14Cl3IN2O4/c25-15-3-5-16(6-4-15)30-23(32)17(22(31)29-24(30)33)9-13-2-8-21(20(28)11-13)34-12-14-1-7-18(26)19(27)10-14/h1-11H,12H2,(H,29,31,33)/b17-9+. The van der Waals surface area contributed by atoms with Crippen molar-refractivity contribution < 1.29 is 19.1 Å². The number of nitrogens with one attached hydrogen (secondary N) is 1. The van der Waals surface area contributed by atoms with E-state index in [0.717, 1.165) is 14.0 Å². The maximum atomic E-state index is 13.0. The number of carbonyl (C=O) groups excluding carboxylic acids is 3. The van der Waals surface area contributed by atoms with E-state index in [9.17, 15) is 14.4 Å². The zero-order valence-corrected chi connectivity index (χ0v) is 21.6. The summed E-state index contributed by atoms with van der Waals surface area (Å²) < 4.78 is 6.63. The molecule has 172 valence electrons. The molecule has 1 saturated heterocycles. The molecule has 0 unspecified atom stereocenters. The minimum atomic E-state index is -0.824. The van der Waals surface area contributed by atoms with Crippen LogP contribution >= 0.6 is 57.4 Å². The lowest BCUT2D eigenvalue weighted by atomic mass is 10.1. The van der Waals surface area contributed by atoms with Gasteiger partial charge in [0, 0.05) is 5.02 Å². The minimum Gasteiger partial charge on any atom is -0.488 e. The van der Waals surface area contributed by atoms with Crippen LogP contribution in [-0.2, 0) is 16.2 Å². The van der Waals surface area contributed by atoms with Gasteiger partial charge in [-0.2, -0.15) is 0 Å². The highest BCUT2D eigenvalue weighted by atomic mass is 127. The highest BCUT2D eigenvalue weighted by molar-refractivity contribution is 14.1. The van der Waals surface area contributed by atoms with Gasteiger partial charge in [0.25, 0.3) is 11.8 Å². The predicted octanol–water partition coefficient (Wildman–Crippen LogP) is 6.50. The van der Waals surface area contributed by atoms with Crippen molar-refractivity contribution in [3.63, 3.8) is 0 Å². The number of benzene rings is 3. The molecule has 10 heteroatoms. The molecule has 4 amide bonds. The van der Waals surface area contributed by atoms with E-state index in [0.29, 0.717) is 32.1 Å². The largest absolute Gasteiger partial charge is 0.488 e. The second-order valence-electron chi connectivity index (χ2n) is 7.16. The third kappa shape index (κ3) is 5.38. The molecule has 0 aliphatic carbocycles. The van der Waals surface area contributed by atoms with Crippen molar-refractivity contribution in [3.8, 4) is 5.75 Å². The number of hydrogen-bond donors (Lipinski definition) is 1. The Kier molecular flexibility index (Phi) is 7.47. The maximum Gasteiger partial charge on any atom is 0.335 e. The topological polar surface area (TPSA) is 75.7 Å². The summed E-state index contributed by atoms with van der Waals surface area (Å²) in [5.74, 6) is -0.882. The van der Waals surface area contributed by atoms with Gasteiger partial charge in [-0.1, -0.05) is 46.9 Å². The van der Waals surface area contributed by atoms with E-state index in [4.69, 9.17) is 39.5 Å². The number of carbonyl (C=O) groups is 3. The van der Waals surface area contributed by atoms with E-state index in [1.54, 1.807) is 42.5 Å². The molecule has 0 aromatic heterocycles. The number of anilines is 1. The molecule has 0 radical (unpaired) electrons. The number of hydrogen-bond acceptors (Lipinski definition) is 4. The lowest BCUT2D eigenvalue weighted by Gasteiger charge is -2.26. The smallest absolute Gasteiger partial charge is 0.335 e. The van der Waals surface area contributed by atoms with Gasteiger partial charge in [0.15, 0.2) is 0 Å². The maximum absolute atomic E-state index is 13.0. The summed E-state index contributed by atoms with van der Waals surface area (Å²) in [5.41, 5.74) is 1.57. The van der Waals surface area contributed by atoms with E-state index < -0.39 is 17.8 Å². The number of halogens is 4. The van der Waals surface area contributed by atoms with Crippen LogP contribution in [0.25, 0.3) is 6.08 Å². The average molecular weight is 628 g/mol. The lowest BCUT2D eigenvalue weighted by Crippen LogP contribution is -2.54. The van der Waals surface area contributed by atoms with Gasteiger partial charge in [-0.3, -0.25) is 14.9 Å². The SMILES string of the molecule is O=C1NC(=O)N(c2ccc(Cl)cc2)C(=O)/C1=C/c1ccc(OCc2ccc(Cl)c(Cl)c2)c(I)c1. The van der Waals surface area contributed by atoms with E-state index in [-0.39, 0.29) is 12.2 Å². The quantitative estimate of drug-likeness (QED) is 0.199. The summed E-state index contributed by atoms with van der Waals surface area (Å²) in [6.07, 6.45) is 1.43. The normalized spacial score (nSPS) is 15.0. The van der Waals surface area contributed by atoms with Crippen LogP contribution in [0.2, 0.25) is 15.1 Å². The number of imide groups is 2. The van der Waals surface area contributed by atoms with Crippen molar-refractivity contribution in [2.45, 2.75) is 6.61 Å². The van der Waals surface area contributed by atoms with Crippen LogP contribution in [0.3, 0.4) is 0 Å². The number of urea groups is 1. The van der Waals surface area contributed by atoms with Gasteiger partial charge in [0.05, 0.1) is 19.3 Å². The van der Waals surface area contributed by atoms with Gasteiger partial charge in [-0.15, -0.1) is 0 Å². The molecule has 0 saturated carbocycles. The van der Waals surface area contributed by atoms with Gasteiger partial charge < -0.3 is 4.74 Å². The van der Waals surface area contributed by atoms with Crippen LogP contribution < -0.4 is 15.0 Å². The first kappa shape index (κ1) is 24.5. The van der Waals surface area contributed by atoms with Gasteiger partial charge in [-0.05, 0) is 88.3 Å². The molecule has 1 heterocycles. The first-order chi connectivity index (χ1) is 16.2. The van der Waals surface area contributed by atoms with E-state index >= 15 is 0 Å². The minimum absolute atomic E-state index is 0.171. The molecule has 0 spiro atoms. The van der Waals surface area contributed by atoms with Crippen LogP contribution in [0.4, 0.5) is 10.5 Å². The Balaban J connectivity index is 1.55. The number of nitrogens with zero attached hydrogens (tertiary/aromatic N) is 1. The predicted molar refractivity (Wildman–Crippen MR) is 140 cm³/mol. The molecule has 1 aliphatic heterocycles. The molecule has 4 rings (SSSR count). The second kappa shape index (κ2) is 10.4. The highest BCUT2D eigenvalue weighted by Gasteiger charge is 2.36. The molecule has 6 nitrogen and oxygen atoms in total. The molecule has 3 aromatic rings. The molecule has 34 heavy (non-hydrogen) atoms. The second-order valence-corrected chi connectivity index (χ2v) is 9.57. The Morgan fingerprint density at radius 2 is 1.65 bits per heavy atom. The zero-order valence-electron chi connectivity index (χ0n) is 17.2. The monoisotopic (exact) mass is 626 g/mol. The molecule has 1 fully saturated rings. The van der Waals surface area contributed by atoms with Crippen molar-refractivity contribution in [1.29, 1.82) is 0 Å². The van der Waals surface area contributed by atoms with Crippen molar-refractivity contribution in [2.75, 3.05) is 4.90 Å². The number of ether oxygens (including phenoxy) is 1. The van der Waals surface area contributed by atoms with Crippen molar-refractivity contribution in [2.24, 2.45) is 0 Å². The fourth-order valence-corrected chi connectivity index (χ4v) is 4.30. The molecule has 1 N–H and O–H groups in total. The van der Waals surface area contributed by atoms with Crippen LogP contribution in [0.15, 0.2) is 66.2 Å². The number of amides is 4. The van der Waals surface area contributed by atoms with Crippen LogP contribution in [0.5, 0.6) is 5.75 Å². The van der Waals surface area contributed by atoms with Crippen molar-refractivity contribution >= 4 is 87.0 Å². The average Bonchev–Trinajstić information content (AvgIpc) is 2.79. The van der Waals surface area contributed by atoms with Crippen LogP contribution in [0, 0.1) is 3.57 Å². The number of barbiturate groups is 1. The third-order valence-electron chi connectivity index (χ3n) is 4.83. The Morgan fingerprint density at radius 3 is 2.32 bits per heavy atom. The number of rotatable bonds is 5. The first-order valence-corrected chi connectivity index (χ1v) is 12.0. The van der Waals surface area contributed by atoms with E-state index in [1.165, 1.54) is 18.2 Å². The summed E-state index contributed by atoms with van der Waals surface area (Å²) in [4.78, 5) is 38.6. The van der Waals surface area contributed by atoms with E-state index in [2.05, 4.69) is 27.9 Å². The third-order valence-corrected chi connectivity index (χ3v) is 6.67. The summed E-state index contributed by atoms with van der Waals surface area (Å²) in [5, 5.41) is 3.56. The van der Waals surface area contributed by atoms with Crippen LogP contribution in [0.1, 0.15) is 11.1 Å².